The fraction of sp³-hybridized carbons (Fsp3) is 0.429. The summed E-state index contributed by atoms with van der Waals surface area (Å²) in [6, 6.07) is 2.70. The minimum atomic E-state index is -0.932. The highest BCUT2D eigenvalue weighted by Gasteiger charge is 2.45. The summed E-state index contributed by atoms with van der Waals surface area (Å²) in [5.41, 5.74) is 0.614. The molecule has 0 fully saturated rings. The minimum absolute atomic E-state index is 0.00307. The molecule has 1 aromatic heterocycles. The molecule has 0 saturated carbocycles. The van der Waals surface area contributed by atoms with E-state index in [0.717, 1.165) is 18.2 Å². The summed E-state index contributed by atoms with van der Waals surface area (Å²) in [5.74, 6) is -0.305. The maximum atomic E-state index is 12.7. The third kappa shape index (κ3) is 5.42. The number of benzene rings is 1. The SMILES string of the molecule is C/C=C(/C)C(=O)O[C@@H]1Cc2c(cc3oc(CO)cc(=O)c3c2O)O[C@@]1(C)CCC1=CNC(NCC)C=C1. The molecule has 0 radical (unpaired) electrons. The average Bonchev–Trinajstić information content (AvgIpc) is 2.88. The van der Waals surface area contributed by atoms with Crippen LogP contribution in [0.4, 0.5) is 0 Å². The van der Waals surface area contributed by atoms with Crippen LogP contribution in [0, 0.1) is 0 Å². The van der Waals surface area contributed by atoms with E-state index in [9.17, 15) is 19.8 Å². The first-order valence-electron chi connectivity index (χ1n) is 12.5. The fourth-order valence-electron chi connectivity index (χ4n) is 4.59. The number of nitrogens with one attached hydrogen (secondary N) is 2. The lowest BCUT2D eigenvalue weighted by atomic mass is 9.83. The molecule has 0 amide bonds. The van der Waals surface area contributed by atoms with Crippen molar-refractivity contribution in [2.45, 2.75) is 71.4 Å². The van der Waals surface area contributed by atoms with Crippen molar-refractivity contribution in [2.75, 3.05) is 6.54 Å². The first kappa shape index (κ1) is 26.5. The number of aliphatic hydroxyl groups is 1. The van der Waals surface area contributed by atoms with E-state index in [1.165, 1.54) is 0 Å². The highest BCUT2D eigenvalue weighted by atomic mass is 16.6. The zero-order chi connectivity index (χ0) is 26.7. The minimum Gasteiger partial charge on any atom is -0.507 e. The number of carbonyl (C=O) groups is 1. The molecule has 9 nitrogen and oxygen atoms in total. The summed E-state index contributed by atoms with van der Waals surface area (Å²) < 4.78 is 17.9. The largest absolute Gasteiger partial charge is 0.507 e. The van der Waals surface area contributed by atoms with Crippen LogP contribution in [0.25, 0.3) is 11.0 Å². The average molecular weight is 511 g/mol. The highest BCUT2D eigenvalue weighted by molar-refractivity contribution is 5.88. The number of hydrogen-bond acceptors (Lipinski definition) is 9. The smallest absolute Gasteiger partial charge is 0.333 e. The van der Waals surface area contributed by atoms with E-state index < -0.39 is 29.7 Å². The zero-order valence-electron chi connectivity index (χ0n) is 21.6. The first-order valence-corrected chi connectivity index (χ1v) is 12.5. The summed E-state index contributed by atoms with van der Waals surface area (Å²) >= 11 is 0. The molecule has 3 atom stereocenters. The topological polar surface area (TPSA) is 130 Å². The summed E-state index contributed by atoms with van der Waals surface area (Å²) in [4.78, 5) is 25.4. The van der Waals surface area contributed by atoms with Crippen LogP contribution >= 0.6 is 0 Å². The molecule has 2 aliphatic rings. The van der Waals surface area contributed by atoms with E-state index in [-0.39, 0.29) is 35.1 Å². The number of aliphatic hydroxyl groups excluding tert-OH is 1. The Morgan fingerprint density at radius 2 is 2.16 bits per heavy atom. The van der Waals surface area contributed by atoms with Crippen molar-refractivity contribution in [1.29, 1.82) is 0 Å². The Kier molecular flexibility index (Phi) is 7.75. The maximum Gasteiger partial charge on any atom is 0.333 e. The molecular weight excluding hydrogens is 476 g/mol. The van der Waals surface area contributed by atoms with E-state index in [1.807, 2.05) is 20.0 Å². The normalized spacial score (nSPS) is 23.2. The van der Waals surface area contributed by atoms with Crippen molar-refractivity contribution in [3.05, 3.63) is 69.3 Å². The Labute approximate surface area is 215 Å². The zero-order valence-corrected chi connectivity index (χ0v) is 21.6. The monoisotopic (exact) mass is 510 g/mol. The number of fused-ring (bicyclic) bond motifs is 2. The number of ether oxygens (including phenoxy) is 2. The lowest BCUT2D eigenvalue weighted by molar-refractivity contribution is -0.158. The van der Waals surface area contributed by atoms with E-state index in [2.05, 4.69) is 22.8 Å². The van der Waals surface area contributed by atoms with E-state index in [4.69, 9.17) is 13.9 Å². The number of phenols is 1. The molecule has 1 aromatic carbocycles. The standard InChI is InChI=1S/C28H34N2O7/c1-5-16(3)27(34)36-23-12-19-21(13-22-25(26(19)33)20(32)11-18(15-31)35-22)37-28(23,4)10-9-17-7-8-24(29-6-2)30-14-17/h5,7-8,11,13-14,23-24,29-31,33H,6,9-10,12,15H2,1-4H3/b16-5-/t23-,24?,28+/m1/s1. The molecule has 4 rings (SSSR count). The summed E-state index contributed by atoms with van der Waals surface area (Å²) in [6.45, 7) is 7.75. The van der Waals surface area contributed by atoms with Gasteiger partial charge in [0.25, 0.3) is 0 Å². The van der Waals surface area contributed by atoms with Crippen LogP contribution in [0.2, 0.25) is 0 Å². The predicted octanol–water partition coefficient (Wildman–Crippen LogP) is 3.32. The second-order valence-corrected chi connectivity index (χ2v) is 9.57. The van der Waals surface area contributed by atoms with Gasteiger partial charge in [-0.3, -0.25) is 10.1 Å². The van der Waals surface area contributed by atoms with Crippen LogP contribution < -0.4 is 20.8 Å². The van der Waals surface area contributed by atoms with Gasteiger partial charge in [-0.15, -0.1) is 0 Å². The maximum absolute atomic E-state index is 12.7. The van der Waals surface area contributed by atoms with Gasteiger partial charge in [-0.2, -0.15) is 0 Å². The Morgan fingerprint density at radius 1 is 1.38 bits per heavy atom. The first-order chi connectivity index (χ1) is 17.7. The number of aromatic hydroxyl groups is 1. The van der Waals surface area contributed by atoms with Gasteiger partial charge in [-0.05, 0) is 51.8 Å². The molecule has 3 heterocycles. The van der Waals surface area contributed by atoms with Gasteiger partial charge >= 0.3 is 5.97 Å². The van der Waals surface area contributed by atoms with Crippen LogP contribution in [0.5, 0.6) is 11.5 Å². The van der Waals surface area contributed by atoms with Gasteiger partial charge in [0.05, 0.1) is 6.17 Å². The number of allylic oxidation sites excluding steroid dienone is 3. The lowest BCUT2D eigenvalue weighted by Gasteiger charge is -2.42. The van der Waals surface area contributed by atoms with Crippen molar-refractivity contribution in [2.24, 2.45) is 0 Å². The van der Waals surface area contributed by atoms with Crippen molar-refractivity contribution < 1.29 is 28.9 Å². The molecule has 198 valence electrons. The van der Waals surface area contributed by atoms with Crippen LogP contribution in [0.3, 0.4) is 0 Å². The summed E-state index contributed by atoms with van der Waals surface area (Å²) in [5, 5.41) is 27.1. The van der Waals surface area contributed by atoms with Crippen LogP contribution in [0.1, 0.15) is 51.9 Å². The quantitative estimate of drug-likeness (QED) is 0.312. The molecule has 2 aromatic rings. The van der Waals surface area contributed by atoms with Gasteiger partial charge in [-0.1, -0.05) is 19.1 Å². The number of rotatable bonds is 8. The van der Waals surface area contributed by atoms with Gasteiger partial charge in [0.2, 0.25) is 0 Å². The van der Waals surface area contributed by atoms with Crippen molar-refractivity contribution in [3.8, 4) is 11.5 Å². The Bertz CT molecular complexity index is 1340. The van der Waals surface area contributed by atoms with E-state index in [0.29, 0.717) is 29.7 Å². The third-order valence-electron chi connectivity index (χ3n) is 6.97. The Morgan fingerprint density at radius 3 is 2.81 bits per heavy atom. The molecule has 0 aliphatic carbocycles. The van der Waals surface area contributed by atoms with Crippen molar-refractivity contribution in [1.82, 2.24) is 10.6 Å². The Hall–Kier alpha value is -3.56. The second-order valence-electron chi connectivity index (χ2n) is 9.57. The lowest BCUT2D eigenvalue weighted by Crippen LogP contribution is -2.51. The highest BCUT2D eigenvalue weighted by Crippen LogP contribution is 2.44. The number of hydrogen-bond donors (Lipinski definition) is 4. The van der Waals surface area contributed by atoms with Gasteiger partial charge < -0.3 is 29.4 Å². The molecule has 0 saturated heterocycles. The number of dihydropyridines is 1. The van der Waals surface area contributed by atoms with Crippen molar-refractivity contribution in [3.63, 3.8) is 0 Å². The van der Waals surface area contributed by atoms with Gasteiger partial charge in [0.15, 0.2) is 5.43 Å². The molecule has 4 N–H and O–H groups in total. The third-order valence-corrected chi connectivity index (χ3v) is 6.97. The molecular formula is C28H34N2O7. The van der Waals surface area contributed by atoms with Crippen LogP contribution in [-0.2, 0) is 22.6 Å². The number of esters is 1. The van der Waals surface area contributed by atoms with Gasteiger partial charge in [-0.25, -0.2) is 4.79 Å². The van der Waals surface area contributed by atoms with Gasteiger partial charge in [0, 0.05) is 35.9 Å². The van der Waals surface area contributed by atoms with Crippen LogP contribution in [-0.4, -0.2) is 40.6 Å². The van der Waals surface area contributed by atoms with E-state index >= 15 is 0 Å². The summed E-state index contributed by atoms with van der Waals surface area (Å²) in [7, 11) is 0. The fourth-order valence-corrected chi connectivity index (χ4v) is 4.59. The number of phenolic OH excluding ortho intramolecular Hbond substituents is 1. The van der Waals surface area contributed by atoms with Crippen LogP contribution in [0.15, 0.2) is 56.9 Å². The second kappa shape index (κ2) is 10.8. The summed E-state index contributed by atoms with van der Waals surface area (Å²) in [6.07, 6.45) is 8.43. The van der Waals surface area contributed by atoms with E-state index in [1.54, 1.807) is 26.0 Å². The molecule has 37 heavy (non-hydrogen) atoms. The molecule has 0 spiro atoms. The number of carbonyl (C=O) groups excluding carboxylic acids is 1. The molecule has 9 heteroatoms. The van der Waals surface area contributed by atoms with Gasteiger partial charge in [0.1, 0.15) is 46.5 Å². The number of likely N-dealkylation sites (N-methyl/N-ethyl adjacent to an activating group) is 1. The molecule has 1 unspecified atom stereocenters. The molecule has 0 bridgehead atoms. The predicted molar refractivity (Wildman–Crippen MR) is 139 cm³/mol. The Balaban J connectivity index is 1.68. The van der Waals surface area contributed by atoms with Crippen molar-refractivity contribution >= 4 is 16.9 Å². The molecule has 2 aliphatic heterocycles.